The predicted molar refractivity (Wildman–Crippen MR) is 119 cm³/mol. The minimum atomic E-state index is -0.815. The molecule has 5 heterocycles. The van der Waals surface area contributed by atoms with E-state index in [1.54, 1.807) is 6.92 Å². The van der Waals surface area contributed by atoms with Crippen molar-refractivity contribution in [3.63, 3.8) is 0 Å². The van der Waals surface area contributed by atoms with Crippen LogP contribution in [-0.2, 0) is 0 Å². The van der Waals surface area contributed by atoms with E-state index in [2.05, 4.69) is 19.9 Å². The first kappa shape index (κ1) is 18.3. The van der Waals surface area contributed by atoms with Gasteiger partial charge in [0.25, 0.3) is 0 Å². The van der Waals surface area contributed by atoms with Crippen LogP contribution in [0.5, 0.6) is 0 Å². The van der Waals surface area contributed by atoms with Gasteiger partial charge in [0.1, 0.15) is 0 Å². The SMILES string of the molecule is CC(=O)c1c(C(C)O)c2cc3nc(cc4ccc(cc5nc(cc1[nH]2)C=C5)[nH]4)C=C3. The van der Waals surface area contributed by atoms with E-state index >= 15 is 0 Å². The number of rotatable bonds is 2. The van der Waals surface area contributed by atoms with Gasteiger partial charge in [-0.05, 0) is 74.5 Å². The number of aliphatic hydroxyl groups is 1. The number of H-pyrrole nitrogens is 2. The number of hydrogen-bond acceptors (Lipinski definition) is 4. The molecule has 8 bridgehead atoms. The van der Waals surface area contributed by atoms with Gasteiger partial charge < -0.3 is 15.1 Å². The van der Waals surface area contributed by atoms with Crippen LogP contribution in [0.3, 0.4) is 0 Å². The smallest absolute Gasteiger partial charge is 0.162 e. The van der Waals surface area contributed by atoms with Crippen LogP contribution in [0.1, 0.15) is 58.6 Å². The van der Waals surface area contributed by atoms with Gasteiger partial charge in [-0.15, -0.1) is 0 Å². The Kier molecular flexibility index (Phi) is 4.22. The summed E-state index contributed by atoms with van der Waals surface area (Å²) in [5.74, 6) is -0.118. The van der Waals surface area contributed by atoms with Crippen LogP contribution in [0.4, 0.5) is 0 Å². The van der Waals surface area contributed by atoms with Crippen molar-refractivity contribution in [2.75, 3.05) is 0 Å². The quantitative estimate of drug-likeness (QED) is 0.370. The van der Waals surface area contributed by atoms with Crippen molar-refractivity contribution in [2.45, 2.75) is 20.0 Å². The van der Waals surface area contributed by atoms with Crippen LogP contribution < -0.4 is 0 Å². The molecule has 0 fully saturated rings. The van der Waals surface area contributed by atoms with E-state index in [0.717, 1.165) is 33.8 Å². The first-order valence-corrected chi connectivity index (χ1v) is 9.76. The van der Waals surface area contributed by atoms with E-state index in [4.69, 9.17) is 0 Å². The van der Waals surface area contributed by atoms with E-state index in [1.807, 2.05) is 60.7 Å². The summed E-state index contributed by atoms with van der Waals surface area (Å²) in [6.07, 6.45) is 6.86. The lowest BCUT2D eigenvalue weighted by Gasteiger charge is -2.05. The van der Waals surface area contributed by atoms with Crippen LogP contribution in [0.25, 0.3) is 46.4 Å². The lowest BCUT2D eigenvalue weighted by atomic mass is 10.0. The molecular weight excluding hydrogens is 376 g/mol. The molecule has 1 atom stereocenters. The normalized spacial score (nSPS) is 13.6. The van der Waals surface area contributed by atoms with Crippen molar-refractivity contribution in [3.05, 3.63) is 70.3 Å². The largest absolute Gasteiger partial charge is 0.389 e. The lowest BCUT2D eigenvalue weighted by Crippen LogP contribution is -2.00. The average molecular weight is 396 g/mol. The van der Waals surface area contributed by atoms with Gasteiger partial charge in [-0.1, -0.05) is 0 Å². The summed E-state index contributed by atoms with van der Waals surface area (Å²) in [5, 5.41) is 10.4. The van der Waals surface area contributed by atoms with E-state index in [0.29, 0.717) is 22.2 Å². The molecule has 0 saturated carbocycles. The van der Waals surface area contributed by atoms with Gasteiger partial charge in [0.05, 0.1) is 34.4 Å². The highest BCUT2D eigenvalue weighted by atomic mass is 16.3. The molecule has 0 spiro atoms. The second-order valence-electron chi connectivity index (χ2n) is 7.51. The zero-order valence-electron chi connectivity index (χ0n) is 16.6. The molecule has 148 valence electrons. The van der Waals surface area contributed by atoms with E-state index in [-0.39, 0.29) is 5.78 Å². The van der Waals surface area contributed by atoms with Crippen LogP contribution in [0, 0.1) is 0 Å². The van der Waals surface area contributed by atoms with Gasteiger partial charge in [0.2, 0.25) is 0 Å². The fourth-order valence-corrected chi connectivity index (χ4v) is 3.91. The van der Waals surface area contributed by atoms with E-state index in [1.165, 1.54) is 6.92 Å². The number of Topliss-reactive ketones (excluding diaryl/α,β-unsaturated/α-hetero) is 1. The van der Waals surface area contributed by atoms with Crippen LogP contribution in [0.15, 0.2) is 36.4 Å². The van der Waals surface area contributed by atoms with Gasteiger partial charge >= 0.3 is 0 Å². The molecule has 1 unspecified atom stereocenters. The fourth-order valence-electron chi connectivity index (χ4n) is 3.91. The minimum absolute atomic E-state index is 0.118. The number of carbonyl (C=O) groups excluding carboxylic acids is 1. The third-order valence-electron chi connectivity index (χ3n) is 5.16. The van der Waals surface area contributed by atoms with Crippen molar-refractivity contribution in [2.24, 2.45) is 0 Å². The summed E-state index contributed by atoms with van der Waals surface area (Å²) in [4.78, 5) is 28.4. The maximum Gasteiger partial charge on any atom is 0.162 e. The van der Waals surface area contributed by atoms with Crippen molar-refractivity contribution in [1.82, 2.24) is 19.9 Å². The number of aliphatic hydroxyl groups excluding tert-OH is 1. The van der Waals surface area contributed by atoms with Crippen molar-refractivity contribution >= 4 is 52.2 Å². The number of aromatic nitrogens is 4. The van der Waals surface area contributed by atoms with Crippen LogP contribution >= 0.6 is 0 Å². The van der Waals surface area contributed by atoms with Gasteiger partial charge in [0, 0.05) is 27.7 Å². The Labute approximate surface area is 172 Å². The molecule has 6 nitrogen and oxygen atoms in total. The van der Waals surface area contributed by atoms with Gasteiger partial charge in [-0.3, -0.25) is 4.79 Å². The Bertz CT molecular complexity index is 1400. The first-order valence-electron chi connectivity index (χ1n) is 9.76. The molecule has 5 rings (SSSR count). The molecule has 0 amide bonds. The third kappa shape index (κ3) is 3.27. The molecule has 30 heavy (non-hydrogen) atoms. The van der Waals surface area contributed by atoms with Gasteiger partial charge in [-0.2, -0.15) is 0 Å². The Morgan fingerprint density at radius 1 is 0.833 bits per heavy atom. The Hall–Kier alpha value is -3.77. The Morgan fingerprint density at radius 2 is 1.33 bits per heavy atom. The molecular formula is C24H20N4O2. The summed E-state index contributed by atoms with van der Waals surface area (Å²) < 4.78 is 0. The molecule has 0 radical (unpaired) electrons. The number of nitrogens with one attached hydrogen (secondary N) is 2. The molecule has 3 aromatic rings. The van der Waals surface area contributed by atoms with Crippen LogP contribution in [0.2, 0.25) is 0 Å². The highest BCUT2D eigenvalue weighted by Gasteiger charge is 2.19. The summed E-state index contributed by atoms with van der Waals surface area (Å²) >= 11 is 0. The molecule has 6 heteroatoms. The van der Waals surface area contributed by atoms with Crippen molar-refractivity contribution in [1.29, 1.82) is 0 Å². The highest BCUT2D eigenvalue weighted by Crippen LogP contribution is 2.29. The summed E-state index contributed by atoms with van der Waals surface area (Å²) in [6.45, 7) is 3.17. The third-order valence-corrected chi connectivity index (χ3v) is 5.16. The van der Waals surface area contributed by atoms with E-state index in [9.17, 15) is 9.90 Å². The number of ketones is 1. The molecule has 0 aliphatic carbocycles. The predicted octanol–water partition coefficient (Wildman–Crippen LogP) is 4.91. The summed E-state index contributed by atoms with van der Waals surface area (Å²) in [5.41, 5.74) is 7.33. The van der Waals surface area contributed by atoms with Crippen LogP contribution in [-0.4, -0.2) is 30.8 Å². The lowest BCUT2D eigenvalue weighted by molar-refractivity contribution is 0.101. The Balaban J connectivity index is 1.93. The summed E-state index contributed by atoms with van der Waals surface area (Å²) in [6, 6.07) is 11.6. The Morgan fingerprint density at radius 3 is 1.83 bits per heavy atom. The van der Waals surface area contributed by atoms with Crippen molar-refractivity contribution in [3.8, 4) is 0 Å². The average Bonchev–Trinajstić information content (AvgIpc) is 3.44. The number of aromatic amines is 2. The van der Waals surface area contributed by atoms with Crippen molar-refractivity contribution < 1.29 is 9.90 Å². The molecule has 3 N–H and O–H groups in total. The number of nitrogens with zero attached hydrogens (tertiary/aromatic N) is 2. The maximum absolute atomic E-state index is 12.5. The fraction of sp³-hybridized carbons (Fsp3) is 0.125. The zero-order valence-corrected chi connectivity index (χ0v) is 16.6. The standard InChI is InChI=1S/C24H20N4O2/c1-13(29)23-21-11-19-7-5-17(26-19)9-15-3-4-16(25-15)10-18-6-8-20(27-18)12-22(28-21)24(23)14(2)30/h3-13,25,28-29H,1-2H3. The first-order chi connectivity index (χ1) is 14.5. The second kappa shape index (κ2) is 6.93. The molecule has 0 saturated heterocycles. The van der Waals surface area contributed by atoms with Gasteiger partial charge in [-0.25, -0.2) is 9.97 Å². The second-order valence-corrected chi connectivity index (χ2v) is 7.51. The number of fused-ring (bicyclic) bond motifs is 8. The number of carbonyl (C=O) groups is 1. The topological polar surface area (TPSA) is 94.7 Å². The molecule has 2 aliphatic rings. The maximum atomic E-state index is 12.5. The molecule has 2 aliphatic heterocycles. The number of hydrogen-bond donors (Lipinski definition) is 3. The van der Waals surface area contributed by atoms with Gasteiger partial charge in [0.15, 0.2) is 5.78 Å². The highest BCUT2D eigenvalue weighted by molar-refractivity contribution is 6.05. The molecule has 3 aromatic heterocycles. The van der Waals surface area contributed by atoms with E-state index < -0.39 is 6.10 Å². The zero-order chi connectivity index (χ0) is 20.8. The monoisotopic (exact) mass is 396 g/mol. The summed E-state index contributed by atoms with van der Waals surface area (Å²) in [7, 11) is 0. The minimum Gasteiger partial charge on any atom is -0.389 e. The molecule has 0 aromatic carbocycles.